The first-order valence-electron chi connectivity index (χ1n) is 17.6. The van der Waals surface area contributed by atoms with Crippen LogP contribution in [0.15, 0.2) is 82.4 Å². The van der Waals surface area contributed by atoms with E-state index in [1.165, 1.54) is 8.80 Å². The molecule has 13 rings (SSSR count). The van der Waals surface area contributed by atoms with Crippen molar-refractivity contribution in [2.75, 3.05) is 0 Å². The van der Waals surface area contributed by atoms with Gasteiger partial charge in [0.2, 0.25) is 0 Å². The summed E-state index contributed by atoms with van der Waals surface area (Å²) in [5, 5.41) is 7.29. The van der Waals surface area contributed by atoms with E-state index in [1.807, 2.05) is 72.8 Å². The molecule has 4 heterocycles. The second-order valence-electron chi connectivity index (χ2n) is 14.5. The highest BCUT2D eigenvalue weighted by Crippen LogP contribution is 2.59. The van der Waals surface area contributed by atoms with Crippen LogP contribution >= 0.6 is 92.8 Å². The van der Waals surface area contributed by atoms with Gasteiger partial charge in [0.15, 0.2) is 0 Å². The van der Waals surface area contributed by atoms with Gasteiger partial charge < -0.3 is 0 Å². The Labute approximate surface area is 362 Å². The van der Waals surface area contributed by atoms with Gasteiger partial charge in [-0.3, -0.25) is 18.4 Å². The van der Waals surface area contributed by atoms with Crippen LogP contribution in [0, 0.1) is 0 Å². The van der Waals surface area contributed by atoms with Gasteiger partial charge in [0, 0.05) is 64.6 Å². The molecular formula is C44H12Cl8N4O2. The van der Waals surface area contributed by atoms with Crippen molar-refractivity contribution in [3.05, 3.63) is 134 Å². The molecule has 276 valence electrons. The summed E-state index contributed by atoms with van der Waals surface area (Å²) in [5.41, 5.74) is 2.04. The Balaban J connectivity index is 1.38. The molecule has 0 amide bonds. The van der Waals surface area contributed by atoms with Gasteiger partial charge in [0.1, 0.15) is 11.3 Å². The molecule has 0 aliphatic rings. The quantitative estimate of drug-likeness (QED) is 0.112. The minimum Gasteiger partial charge on any atom is -0.268 e. The zero-order valence-corrected chi connectivity index (χ0v) is 34.6. The first-order valence-corrected chi connectivity index (χ1v) is 20.7. The Morgan fingerprint density at radius 2 is 0.621 bits per heavy atom. The maximum atomic E-state index is 15.0. The van der Waals surface area contributed by atoms with Crippen molar-refractivity contribution in [3.8, 4) is 0 Å². The highest BCUT2D eigenvalue weighted by Gasteiger charge is 2.34. The van der Waals surface area contributed by atoms with E-state index in [9.17, 15) is 0 Å². The minimum absolute atomic E-state index is 0.00465. The van der Waals surface area contributed by atoms with E-state index in [4.69, 9.17) is 103 Å². The molecule has 0 spiro atoms. The van der Waals surface area contributed by atoms with Crippen molar-refractivity contribution in [1.82, 2.24) is 18.8 Å². The summed E-state index contributed by atoms with van der Waals surface area (Å²) in [6.45, 7) is 0. The fraction of sp³-hybridized carbons (Fsp3) is 0. The maximum absolute atomic E-state index is 15.0. The highest BCUT2D eigenvalue weighted by atomic mass is 35.5. The molecule has 0 N–H and O–H groups in total. The number of halogens is 8. The lowest BCUT2D eigenvalue weighted by molar-refractivity contribution is 1.15. The second kappa shape index (κ2) is 11.2. The topological polar surface area (TPSA) is 68.7 Å². The molecule has 0 aliphatic carbocycles. The fourth-order valence-electron chi connectivity index (χ4n) is 9.71. The largest absolute Gasteiger partial charge is 0.268 e. The molecule has 6 nitrogen and oxygen atoms in total. The van der Waals surface area contributed by atoms with Crippen molar-refractivity contribution in [2.45, 2.75) is 0 Å². The zero-order chi connectivity index (χ0) is 39.5. The smallest absolute Gasteiger partial charge is 0.266 e. The van der Waals surface area contributed by atoms with Gasteiger partial charge in [-0.2, -0.15) is 0 Å². The number of rotatable bonds is 0. The summed E-state index contributed by atoms with van der Waals surface area (Å²) < 4.78 is 2.99. The van der Waals surface area contributed by atoms with E-state index in [2.05, 4.69) is 0 Å². The summed E-state index contributed by atoms with van der Waals surface area (Å²) in [5.74, 6) is 0. The van der Waals surface area contributed by atoms with E-state index < -0.39 is 11.1 Å². The average Bonchev–Trinajstić information content (AvgIpc) is 3.22. The number of aromatic nitrogens is 4. The molecule has 0 fully saturated rings. The Morgan fingerprint density at radius 1 is 0.328 bits per heavy atom. The Morgan fingerprint density at radius 3 is 0.983 bits per heavy atom. The fourth-order valence-corrected chi connectivity index (χ4v) is 11.9. The van der Waals surface area contributed by atoms with Crippen molar-refractivity contribution in [2.24, 2.45) is 0 Å². The molecule has 0 radical (unpaired) electrons. The number of nitrogens with zero attached hydrogens (tertiary/aromatic N) is 4. The summed E-state index contributed by atoms with van der Waals surface area (Å²) >= 11 is 59.1. The molecule has 0 bridgehead atoms. The lowest BCUT2D eigenvalue weighted by Crippen LogP contribution is -2.18. The molecule has 14 heteroatoms. The summed E-state index contributed by atoms with van der Waals surface area (Å²) in [7, 11) is 0. The molecule has 0 atom stereocenters. The van der Waals surface area contributed by atoms with Crippen LogP contribution in [0.4, 0.5) is 0 Å². The van der Waals surface area contributed by atoms with E-state index in [0.717, 1.165) is 21.5 Å². The predicted octanol–water partition coefficient (Wildman–Crippen LogP) is 14.8. The number of hydrogen-bond acceptors (Lipinski definition) is 4. The molecule has 0 saturated carbocycles. The SMILES string of the molecule is O=c1c2c(Cl)c(Cl)c3c4c(Cl)c(Cl)c5c(=O)n6c7cccc8cccc(nc6c6c(Cl)c(Cl)c(c9c(Cl)c(Cl)c(c2c39)c2nc3cccc9cccc(c93)n12)c4c56)c87. The molecule has 0 unspecified atom stereocenters. The van der Waals surface area contributed by atoms with Crippen molar-refractivity contribution in [3.63, 3.8) is 0 Å². The van der Waals surface area contributed by atoms with Gasteiger partial charge >= 0.3 is 0 Å². The third-order valence-corrected chi connectivity index (χ3v) is 15.3. The van der Waals surface area contributed by atoms with Gasteiger partial charge in [0.25, 0.3) is 11.1 Å². The Kier molecular flexibility index (Phi) is 6.59. The Hall–Kier alpha value is -4.60. The molecule has 4 aromatic heterocycles. The second-order valence-corrected chi connectivity index (χ2v) is 17.5. The van der Waals surface area contributed by atoms with Crippen molar-refractivity contribution < 1.29 is 0 Å². The van der Waals surface area contributed by atoms with Gasteiger partial charge in [-0.25, -0.2) is 9.97 Å². The van der Waals surface area contributed by atoms with Crippen LogP contribution in [0.1, 0.15) is 0 Å². The molecule has 13 aromatic rings. The first kappa shape index (κ1) is 34.3. The van der Waals surface area contributed by atoms with Crippen LogP contribution in [0.2, 0.25) is 40.2 Å². The number of hydrogen-bond donors (Lipinski definition) is 0. The monoisotopic (exact) mass is 908 g/mol. The lowest BCUT2D eigenvalue weighted by atomic mass is 9.85. The van der Waals surface area contributed by atoms with Crippen LogP contribution < -0.4 is 11.1 Å². The van der Waals surface area contributed by atoms with Gasteiger partial charge in [0.05, 0.1) is 73.0 Å². The number of fused-ring (bicyclic) bond motifs is 8. The van der Waals surface area contributed by atoms with Crippen LogP contribution in [0.3, 0.4) is 0 Å². The zero-order valence-electron chi connectivity index (χ0n) is 28.6. The standard InChI is InChI=1S/C44H12Cl8N4O2/c45-33-25-21-23-29(37(33)49)41-53-15-9-1-5-13-7-3-11-17(19(13)15)55(41)43(57)31(23)39(51)35(47)27(21)28-22-24-30(38(50)34(46)26(22)25)42-54-16-10-2-6-14-8-4-12-18(20(14)16)56(42)44(58)32(24)40(52)36(28)48/h1-12H. The molecule has 9 aromatic carbocycles. The number of benzene rings is 9. The van der Waals surface area contributed by atoms with E-state index in [0.29, 0.717) is 75.9 Å². The first-order chi connectivity index (χ1) is 28.0. The minimum atomic E-state index is -0.475. The van der Waals surface area contributed by atoms with E-state index in [-0.39, 0.29) is 62.2 Å². The van der Waals surface area contributed by atoms with Gasteiger partial charge in [-0.15, -0.1) is 0 Å². The van der Waals surface area contributed by atoms with Crippen LogP contribution in [-0.4, -0.2) is 18.8 Å². The third kappa shape index (κ3) is 3.72. The maximum Gasteiger partial charge on any atom is 0.266 e. The van der Waals surface area contributed by atoms with Crippen molar-refractivity contribution >= 4 is 212 Å². The van der Waals surface area contributed by atoms with Crippen LogP contribution in [0.5, 0.6) is 0 Å². The lowest BCUT2D eigenvalue weighted by Gasteiger charge is -2.25. The molecule has 58 heavy (non-hydrogen) atoms. The molecular weight excluding hydrogens is 900 g/mol. The third-order valence-electron chi connectivity index (χ3n) is 11.9. The summed E-state index contributed by atoms with van der Waals surface area (Å²) in [6, 6.07) is 22.8. The van der Waals surface area contributed by atoms with E-state index in [1.54, 1.807) is 0 Å². The summed E-state index contributed by atoms with van der Waals surface area (Å²) in [4.78, 5) is 40.1. The van der Waals surface area contributed by atoms with Gasteiger partial charge in [-0.05, 0) is 35.0 Å². The van der Waals surface area contributed by atoms with Gasteiger partial charge in [-0.1, -0.05) is 141 Å². The molecule has 0 saturated heterocycles. The Bertz CT molecular complexity index is 3990. The predicted molar refractivity (Wildman–Crippen MR) is 245 cm³/mol. The molecule has 0 aliphatic heterocycles. The van der Waals surface area contributed by atoms with Crippen molar-refractivity contribution in [1.29, 1.82) is 0 Å². The van der Waals surface area contributed by atoms with Crippen LogP contribution in [0.25, 0.3) is 120 Å². The summed E-state index contributed by atoms with van der Waals surface area (Å²) in [6.07, 6.45) is 0. The number of pyridine rings is 2. The highest BCUT2D eigenvalue weighted by molar-refractivity contribution is 6.64. The average molecular weight is 912 g/mol. The van der Waals surface area contributed by atoms with E-state index >= 15 is 9.59 Å². The van der Waals surface area contributed by atoms with Crippen LogP contribution in [-0.2, 0) is 0 Å². The normalized spacial score (nSPS) is 13.0.